The van der Waals surface area contributed by atoms with Crippen LogP contribution in [0.4, 0.5) is 0 Å². The lowest BCUT2D eigenvalue weighted by molar-refractivity contribution is 0.0625. The van der Waals surface area contributed by atoms with Crippen LogP contribution >= 0.6 is 22.9 Å². The average Bonchev–Trinajstić information content (AvgIpc) is 3.25. The highest BCUT2D eigenvalue weighted by molar-refractivity contribution is 7.22. The van der Waals surface area contributed by atoms with Gasteiger partial charge in [0.25, 0.3) is 11.5 Å². The van der Waals surface area contributed by atoms with Crippen molar-refractivity contribution in [3.05, 3.63) is 87.4 Å². The van der Waals surface area contributed by atoms with Crippen molar-refractivity contribution in [3.8, 4) is 10.4 Å². The molecule has 1 N–H and O–H groups in total. The Bertz CT molecular complexity index is 1310. The maximum absolute atomic E-state index is 12.7. The highest BCUT2D eigenvalue weighted by Gasteiger charge is 2.22. The van der Waals surface area contributed by atoms with Crippen LogP contribution in [0.1, 0.15) is 16.2 Å². The minimum atomic E-state index is -0.117. The molecule has 8 heteroatoms. The van der Waals surface area contributed by atoms with E-state index in [1.807, 2.05) is 65.6 Å². The lowest BCUT2D eigenvalue weighted by atomic mass is 10.2. The van der Waals surface area contributed by atoms with E-state index in [0.717, 1.165) is 23.5 Å². The summed E-state index contributed by atoms with van der Waals surface area (Å²) in [5.41, 5.74) is 2.31. The summed E-state index contributed by atoms with van der Waals surface area (Å²) >= 11 is 7.42. The fourth-order valence-corrected chi connectivity index (χ4v) is 5.03. The minimum absolute atomic E-state index is 0.0613. The first-order chi connectivity index (χ1) is 15.6. The van der Waals surface area contributed by atoms with E-state index in [0.29, 0.717) is 46.3 Å². The van der Waals surface area contributed by atoms with Crippen molar-refractivity contribution in [3.63, 3.8) is 0 Å². The molecule has 0 saturated carbocycles. The van der Waals surface area contributed by atoms with Gasteiger partial charge in [0.15, 0.2) is 0 Å². The predicted molar refractivity (Wildman–Crippen MR) is 128 cm³/mol. The molecule has 3 heterocycles. The molecule has 0 unspecified atom stereocenters. The number of carbonyl (C=O) groups excluding carboxylic acids is 1. The second-order valence-electron chi connectivity index (χ2n) is 7.78. The Morgan fingerprint density at radius 3 is 2.47 bits per heavy atom. The second-order valence-corrected chi connectivity index (χ2v) is 9.27. The van der Waals surface area contributed by atoms with Gasteiger partial charge in [-0.15, -0.1) is 11.3 Å². The van der Waals surface area contributed by atoms with Gasteiger partial charge < -0.3 is 9.88 Å². The third-order valence-corrected chi connectivity index (χ3v) is 7.04. The Labute approximate surface area is 194 Å². The number of piperazine rings is 1. The smallest absolute Gasteiger partial charge is 0.268 e. The van der Waals surface area contributed by atoms with Crippen LogP contribution in [0.2, 0.25) is 5.02 Å². The molecule has 4 aromatic rings. The van der Waals surface area contributed by atoms with Gasteiger partial charge in [0.1, 0.15) is 10.5 Å². The fourth-order valence-electron chi connectivity index (χ4n) is 3.90. The van der Waals surface area contributed by atoms with E-state index in [4.69, 9.17) is 16.6 Å². The van der Waals surface area contributed by atoms with E-state index >= 15 is 0 Å². The van der Waals surface area contributed by atoms with Gasteiger partial charge in [-0.1, -0.05) is 41.9 Å². The maximum atomic E-state index is 12.7. The second kappa shape index (κ2) is 8.86. The van der Waals surface area contributed by atoms with Gasteiger partial charge in [0.2, 0.25) is 0 Å². The monoisotopic (exact) mass is 464 g/mol. The zero-order chi connectivity index (χ0) is 22.1. The number of benzene rings is 2. The van der Waals surface area contributed by atoms with E-state index in [1.165, 1.54) is 11.3 Å². The van der Waals surface area contributed by atoms with Crippen molar-refractivity contribution in [2.24, 2.45) is 0 Å². The number of H-pyrrole nitrogens is 1. The normalized spacial score (nSPS) is 14.7. The lowest BCUT2D eigenvalue weighted by Crippen LogP contribution is -2.48. The van der Waals surface area contributed by atoms with Crippen LogP contribution in [0.15, 0.2) is 65.5 Å². The summed E-state index contributed by atoms with van der Waals surface area (Å²) in [6.07, 6.45) is 0. The van der Waals surface area contributed by atoms with Crippen LogP contribution in [0, 0.1) is 0 Å². The SMILES string of the molecule is O=C(c1ccccc1)N1CCN(Cc2nc3cc(-c4ccc(Cl)cc4)sc3c(=O)[nH]2)CC1. The van der Waals surface area contributed by atoms with Crippen molar-refractivity contribution >= 4 is 39.1 Å². The summed E-state index contributed by atoms with van der Waals surface area (Å²) in [4.78, 5) is 38.0. The van der Waals surface area contributed by atoms with Gasteiger partial charge in [-0.2, -0.15) is 0 Å². The number of hydrogen-bond donors (Lipinski definition) is 1. The zero-order valence-electron chi connectivity index (χ0n) is 17.3. The molecule has 0 bridgehead atoms. The number of rotatable bonds is 4. The van der Waals surface area contributed by atoms with Crippen LogP contribution in [-0.4, -0.2) is 51.9 Å². The van der Waals surface area contributed by atoms with E-state index in [-0.39, 0.29) is 11.5 Å². The fraction of sp³-hybridized carbons (Fsp3) is 0.208. The Hall–Kier alpha value is -3.00. The van der Waals surface area contributed by atoms with E-state index < -0.39 is 0 Å². The van der Waals surface area contributed by atoms with Crippen molar-refractivity contribution in [2.45, 2.75) is 6.54 Å². The van der Waals surface area contributed by atoms with Crippen LogP contribution in [0.3, 0.4) is 0 Å². The number of halogens is 1. The molecule has 1 aliphatic rings. The lowest BCUT2D eigenvalue weighted by Gasteiger charge is -2.34. The van der Waals surface area contributed by atoms with Gasteiger partial charge in [-0.25, -0.2) is 4.98 Å². The quantitative estimate of drug-likeness (QED) is 0.490. The first kappa shape index (κ1) is 20.9. The van der Waals surface area contributed by atoms with Gasteiger partial charge in [-0.05, 0) is 35.9 Å². The highest BCUT2D eigenvalue weighted by atomic mass is 35.5. The van der Waals surface area contributed by atoms with Crippen LogP contribution in [-0.2, 0) is 6.54 Å². The zero-order valence-corrected chi connectivity index (χ0v) is 18.8. The number of nitrogens with zero attached hydrogens (tertiary/aromatic N) is 3. The largest absolute Gasteiger partial charge is 0.336 e. The molecular formula is C24H21ClN4O2S. The van der Waals surface area contributed by atoms with Gasteiger partial charge in [0, 0.05) is 41.6 Å². The third-order valence-electron chi connectivity index (χ3n) is 5.61. The first-order valence-corrected chi connectivity index (χ1v) is 11.6. The van der Waals surface area contributed by atoms with Crippen LogP contribution in [0.5, 0.6) is 0 Å². The van der Waals surface area contributed by atoms with Crippen molar-refractivity contribution in [2.75, 3.05) is 26.2 Å². The molecular weight excluding hydrogens is 444 g/mol. The van der Waals surface area contributed by atoms with E-state index in [1.54, 1.807) is 0 Å². The third kappa shape index (κ3) is 4.32. The number of aromatic nitrogens is 2. The Morgan fingerprint density at radius 2 is 1.75 bits per heavy atom. The number of nitrogens with one attached hydrogen (secondary N) is 1. The number of aromatic amines is 1. The molecule has 32 heavy (non-hydrogen) atoms. The van der Waals surface area contributed by atoms with Crippen molar-refractivity contribution in [1.82, 2.24) is 19.8 Å². The number of hydrogen-bond acceptors (Lipinski definition) is 5. The summed E-state index contributed by atoms with van der Waals surface area (Å²) in [6.45, 7) is 3.32. The number of carbonyl (C=O) groups is 1. The summed E-state index contributed by atoms with van der Waals surface area (Å²) in [5.74, 6) is 0.706. The molecule has 0 atom stereocenters. The molecule has 2 aromatic carbocycles. The van der Waals surface area contributed by atoms with Crippen LogP contribution in [0.25, 0.3) is 20.7 Å². The van der Waals surface area contributed by atoms with Gasteiger partial charge >= 0.3 is 0 Å². The molecule has 1 fully saturated rings. The van der Waals surface area contributed by atoms with E-state index in [9.17, 15) is 9.59 Å². The standard InChI is InChI=1S/C24H21ClN4O2S/c25-18-8-6-16(7-9-18)20-14-19-22(32-20)23(30)27-21(26-19)15-28-10-12-29(13-11-28)24(31)17-4-2-1-3-5-17/h1-9,14H,10-13,15H2,(H,26,27,30). The molecule has 1 aliphatic heterocycles. The molecule has 6 nitrogen and oxygen atoms in total. The molecule has 0 aliphatic carbocycles. The molecule has 2 aromatic heterocycles. The summed E-state index contributed by atoms with van der Waals surface area (Å²) in [7, 11) is 0. The maximum Gasteiger partial charge on any atom is 0.268 e. The molecule has 1 saturated heterocycles. The number of thiophene rings is 1. The summed E-state index contributed by atoms with van der Waals surface area (Å²) in [5, 5.41) is 0.679. The van der Waals surface area contributed by atoms with E-state index in [2.05, 4.69) is 9.88 Å². The first-order valence-electron chi connectivity index (χ1n) is 10.4. The number of amides is 1. The molecule has 5 rings (SSSR count). The molecule has 1 amide bonds. The Balaban J connectivity index is 1.28. The Kier molecular flexibility index (Phi) is 5.78. The predicted octanol–water partition coefficient (Wildman–Crippen LogP) is 4.26. The summed E-state index contributed by atoms with van der Waals surface area (Å²) in [6, 6.07) is 18.9. The van der Waals surface area contributed by atoms with Gasteiger partial charge in [-0.3, -0.25) is 14.5 Å². The van der Waals surface area contributed by atoms with Crippen molar-refractivity contribution < 1.29 is 4.79 Å². The summed E-state index contributed by atoms with van der Waals surface area (Å²) < 4.78 is 0.622. The average molecular weight is 465 g/mol. The Morgan fingerprint density at radius 1 is 1.03 bits per heavy atom. The van der Waals surface area contributed by atoms with Crippen LogP contribution < -0.4 is 5.56 Å². The minimum Gasteiger partial charge on any atom is -0.336 e. The van der Waals surface area contributed by atoms with Gasteiger partial charge in [0.05, 0.1) is 12.1 Å². The topological polar surface area (TPSA) is 69.3 Å². The molecule has 0 spiro atoms. The van der Waals surface area contributed by atoms with Crippen molar-refractivity contribution in [1.29, 1.82) is 0 Å². The molecule has 0 radical (unpaired) electrons. The number of fused-ring (bicyclic) bond motifs is 1. The molecule has 162 valence electrons. The highest BCUT2D eigenvalue weighted by Crippen LogP contribution is 2.31.